The van der Waals surface area contributed by atoms with E-state index in [0.717, 1.165) is 12.8 Å². The molecule has 0 fully saturated rings. The highest BCUT2D eigenvalue weighted by atomic mass is 35.5. The van der Waals surface area contributed by atoms with Crippen LogP contribution in [0.25, 0.3) is 0 Å². The molecule has 1 rings (SSSR count). The number of nitrogens with one attached hydrogen (secondary N) is 1. The summed E-state index contributed by atoms with van der Waals surface area (Å²) in [5, 5.41) is 3.40. The highest BCUT2D eigenvalue weighted by molar-refractivity contribution is 6.44. The van der Waals surface area contributed by atoms with Crippen LogP contribution in [0, 0.1) is 0 Å². The molecular weight excluding hydrogens is 295 g/mol. The summed E-state index contributed by atoms with van der Waals surface area (Å²) < 4.78 is 0. The van der Waals surface area contributed by atoms with Gasteiger partial charge >= 0.3 is 0 Å². The SMILES string of the molecule is CCCCCCCCNC(=O)c1cc(N)cc(Cl)c1Cl. The molecule has 5 heteroatoms. The molecule has 0 aliphatic heterocycles. The lowest BCUT2D eigenvalue weighted by Gasteiger charge is -2.09. The summed E-state index contributed by atoms with van der Waals surface area (Å²) in [4.78, 5) is 12.0. The van der Waals surface area contributed by atoms with Crippen LogP contribution in [0.4, 0.5) is 5.69 Å². The molecule has 0 bridgehead atoms. The van der Waals surface area contributed by atoms with E-state index in [9.17, 15) is 4.79 Å². The molecule has 0 aliphatic rings. The average Bonchev–Trinajstić information content (AvgIpc) is 2.41. The van der Waals surface area contributed by atoms with E-state index in [0.29, 0.717) is 22.8 Å². The zero-order chi connectivity index (χ0) is 15.0. The average molecular weight is 317 g/mol. The molecule has 0 atom stereocenters. The van der Waals surface area contributed by atoms with Crippen molar-refractivity contribution in [3.05, 3.63) is 27.7 Å². The topological polar surface area (TPSA) is 55.1 Å². The van der Waals surface area contributed by atoms with E-state index in [1.54, 1.807) is 6.07 Å². The third kappa shape index (κ3) is 5.59. The van der Waals surface area contributed by atoms with Gasteiger partial charge in [-0.25, -0.2) is 0 Å². The minimum absolute atomic E-state index is 0.224. The predicted octanol–water partition coefficient (Wildman–Crippen LogP) is 4.67. The van der Waals surface area contributed by atoms with E-state index in [2.05, 4.69) is 12.2 Å². The number of benzene rings is 1. The van der Waals surface area contributed by atoms with Gasteiger partial charge in [-0.2, -0.15) is 0 Å². The van der Waals surface area contributed by atoms with Crippen molar-refractivity contribution in [2.75, 3.05) is 12.3 Å². The Hall–Kier alpha value is -0.930. The predicted molar refractivity (Wildman–Crippen MR) is 86.6 cm³/mol. The molecule has 0 radical (unpaired) electrons. The number of nitrogen functional groups attached to an aromatic ring is 1. The molecule has 0 aliphatic carbocycles. The van der Waals surface area contributed by atoms with Crippen molar-refractivity contribution < 1.29 is 4.79 Å². The van der Waals surface area contributed by atoms with Gasteiger partial charge in [0.05, 0.1) is 15.6 Å². The fraction of sp³-hybridized carbons (Fsp3) is 0.533. The lowest BCUT2D eigenvalue weighted by atomic mass is 10.1. The zero-order valence-corrected chi connectivity index (χ0v) is 13.4. The maximum Gasteiger partial charge on any atom is 0.252 e. The van der Waals surface area contributed by atoms with Crippen LogP contribution in [0.15, 0.2) is 12.1 Å². The number of carbonyl (C=O) groups is 1. The van der Waals surface area contributed by atoms with Crippen LogP contribution in [0.1, 0.15) is 55.8 Å². The number of hydrogen-bond acceptors (Lipinski definition) is 2. The number of amides is 1. The van der Waals surface area contributed by atoms with E-state index >= 15 is 0 Å². The molecule has 0 saturated carbocycles. The van der Waals surface area contributed by atoms with Gasteiger partial charge in [0.15, 0.2) is 0 Å². The Balaban J connectivity index is 2.36. The van der Waals surface area contributed by atoms with Gasteiger partial charge in [-0.1, -0.05) is 62.2 Å². The molecule has 112 valence electrons. The fourth-order valence-corrected chi connectivity index (χ4v) is 2.40. The monoisotopic (exact) mass is 316 g/mol. The van der Waals surface area contributed by atoms with Gasteiger partial charge in [0, 0.05) is 12.2 Å². The van der Waals surface area contributed by atoms with Crippen LogP contribution >= 0.6 is 23.2 Å². The molecule has 0 aromatic heterocycles. The quantitative estimate of drug-likeness (QED) is 0.541. The molecule has 0 spiro atoms. The Bertz CT molecular complexity index is 450. The number of nitrogens with two attached hydrogens (primary N) is 1. The normalized spacial score (nSPS) is 10.6. The van der Waals surface area contributed by atoms with Crippen molar-refractivity contribution in [2.45, 2.75) is 45.4 Å². The summed E-state index contributed by atoms with van der Waals surface area (Å²) in [6.07, 6.45) is 7.11. The Morgan fingerprint density at radius 1 is 1.15 bits per heavy atom. The summed E-state index contributed by atoms with van der Waals surface area (Å²) in [6, 6.07) is 3.08. The second-order valence-corrected chi connectivity index (χ2v) is 5.67. The van der Waals surface area contributed by atoms with Crippen molar-refractivity contribution in [3.63, 3.8) is 0 Å². The molecule has 3 N–H and O–H groups in total. The summed E-state index contributed by atoms with van der Waals surface area (Å²) in [7, 11) is 0. The van der Waals surface area contributed by atoms with E-state index in [4.69, 9.17) is 28.9 Å². The minimum Gasteiger partial charge on any atom is -0.399 e. The van der Waals surface area contributed by atoms with Gasteiger partial charge in [0.25, 0.3) is 5.91 Å². The lowest BCUT2D eigenvalue weighted by molar-refractivity contribution is 0.0953. The standard InChI is InChI=1S/C15H22Cl2N2O/c1-2-3-4-5-6-7-8-19-15(20)12-9-11(18)10-13(16)14(12)17/h9-10H,2-8,18H2,1H3,(H,19,20). The maximum atomic E-state index is 12.0. The van der Waals surface area contributed by atoms with Crippen LogP contribution < -0.4 is 11.1 Å². The van der Waals surface area contributed by atoms with Crippen molar-refractivity contribution in [3.8, 4) is 0 Å². The lowest BCUT2D eigenvalue weighted by Crippen LogP contribution is -2.24. The van der Waals surface area contributed by atoms with Gasteiger partial charge in [-0.15, -0.1) is 0 Å². The molecular formula is C15H22Cl2N2O. The second-order valence-electron chi connectivity index (χ2n) is 4.89. The highest BCUT2D eigenvalue weighted by Gasteiger charge is 2.13. The van der Waals surface area contributed by atoms with Gasteiger partial charge in [0.2, 0.25) is 0 Å². The van der Waals surface area contributed by atoms with Crippen molar-refractivity contribution in [2.24, 2.45) is 0 Å². The van der Waals surface area contributed by atoms with Crippen molar-refractivity contribution in [1.82, 2.24) is 5.32 Å². The van der Waals surface area contributed by atoms with E-state index in [-0.39, 0.29) is 10.9 Å². The molecule has 0 unspecified atom stereocenters. The van der Waals surface area contributed by atoms with Gasteiger partial charge in [-0.3, -0.25) is 4.79 Å². The molecule has 1 aromatic rings. The first-order chi connectivity index (χ1) is 9.56. The van der Waals surface area contributed by atoms with Crippen molar-refractivity contribution >= 4 is 34.8 Å². The maximum absolute atomic E-state index is 12.0. The van der Waals surface area contributed by atoms with Crippen LogP contribution in [-0.4, -0.2) is 12.5 Å². The smallest absolute Gasteiger partial charge is 0.252 e. The molecule has 3 nitrogen and oxygen atoms in total. The summed E-state index contributed by atoms with van der Waals surface area (Å²) in [6.45, 7) is 2.84. The van der Waals surface area contributed by atoms with Gasteiger partial charge in [0.1, 0.15) is 0 Å². The number of halogens is 2. The summed E-state index contributed by atoms with van der Waals surface area (Å²) >= 11 is 11.9. The van der Waals surface area contributed by atoms with E-state index in [1.807, 2.05) is 0 Å². The number of anilines is 1. The highest BCUT2D eigenvalue weighted by Crippen LogP contribution is 2.28. The largest absolute Gasteiger partial charge is 0.399 e. The van der Waals surface area contributed by atoms with E-state index < -0.39 is 0 Å². The second kappa shape index (κ2) is 9.09. The number of hydrogen-bond donors (Lipinski definition) is 2. The van der Waals surface area contributed by atoms with Crippen molar-refractivity contribution in [1.29, 1.82) is 0 Å². The number of unbranched alkanes of at least 4 members (excludes halogenated alkanes) is 5. The minimum atomic E-state index is -0.224. The fourth-order valence-electron chi connectivity index (χ4n) is 1.98. The van der Waals surface area contributed by atoms with Gasteiger partial charge < -0.3 is 11.1 Å². The third-order valence-corrected chi connectivity index (χ3v) is 3.91. The Morgan fingerprint density at radius 2 is 1.80 bits per heavy atom. The van der Waals surface area contributed by atoms with E-state index in [1.165, 1.54) is 31.7 Å². The van der Waals surface area contributed by atoms with Crippen LogP contribution in [-0.2, 0) is 0 Å². The summed E-state index contributed by atoms with van der Waals surface area (Å²) in [5.74, 6) is -0.224. The molecule has 0 saturated heterocycles. The summed E-state index contributed by atoms with van der Waals surface area (Å²) in [5.41, 5.74) is 6.44. The Morgan fingerprint density at radius 3 is 2.50 bits per heavy atom. The zero-order valence-electron chi connectivity index (χ0n) is 11.8. The first-order valence-electron chi connectivity index (χ1n) is 7.09. The Kier molecular flexibility index (Phi) is 7.78. The van der Waals surface area contributed by atoms with Gasteiger partial charge in [-0.05, 0) is 18.6 Å². The first-order valence-corrected chi connectivity index (χ1v) is 7.84. The first kappa shape index (κ1) is 17.1. The third-order valence-electron chi connectivity index (χ3n) is 3.11. The van der Waals surface area contributed by atoms with Crippen LogP contribution in [0.3, 0.4) is 0 Å². The molecule has 20 heavy (non-hydrogen) atoms. The van der Waals surface area contributed by atoms with Crippen LogP contribution in [0.2, 0.25) is 10.0 Å². The molecule has 0 heterocycles. The molecule has 1 aromatic carbocycles. The molecule has 1 amide bonds. The number of rotatable bonds is 8. The Labute approximate surface area is 130 Å². The number of carbonyl (C=O) groups excluding carboxylic acids is 1. The van der Waals surface area contributed by atoms with Crippen LogP contribution in [0.5, 0.6) is 0 Å².